The number of benzene rings is 2. The van der Waals surface area contributed by atoms with Gasteiger partial charge in [-0.05, 0) is 30.2 Å². The van der Waals surface area contributed by atoms with Crippen molar-refractivity contribution in [2.75, 3.05) is 5.32 Å². The topological polar surface area (TPSA) is 55.2 Å². The Bertz CT molecular complexity index is 616. The number of nitrogens with one attached hydrogen (secondary N) is 1. The Kier molecular flexibility index (Phi) is 4.74. The monoisotopic (exact) mass is 334 g/mol. The summed E-state index contributed by atoms with van der Waals surface area (Å²) < 4.78 is 0.998. The molecule has 0 radical (unpaired) electrons. The van der Waals surface area contributed by atoms with Crippen LogP contribution in [0.2, 0.25) is 0 Å². The third-order valence-corrected chi connectivity index (χ3v) is 3.58. The van der Waals surface area contributed by atoms with Gasteiger partial charge in [-0.15, -0.1) is 0 Å². The Morgan fingerprint density at radius 3 is 2.65 bits per heavy atom. The third-order valence-electron chi connectivity index (χ3n) is 3.09. The molecule has 104 valence electrons. The van der Waals surface area contributed by atoms with E-state index in [-0.39, 0.29) is 16.7 Å². The van der Waals surface area contributed by atoms with E-state index in [1.165, 1.54) is 6.07 Å². The van der Waals surface area contributed by atoms with Crippen molar-refractivity contribution in [2.24, 2.45) is 0 Å². The molecule has 20 heavy (non-hydrogen) atoms. The average molecular weight is 335 g/mol. The quantitative estimate of drug-likeness (QED) is 0.623. The van der Waals surface area contributed by atoms with Crippen LogP contribution in [0, 0.1) is 10.1 Å². The molecule has 0 amide bonds. The number of nitro benzene ring substituents is 1. The van der Waals surface area contributed by atoms with Crippen LogP contribution >= 0.6 is 15.9 Å². The van der Waals surface area contributed by atoms with Gasteiger partial charge >= 0.3 is 0 Å². The Labute approximate surface area is 126 Å². The normalized spacial score (nSPS) is 11.9. The van der Waals surface area contributed by atoms with Crippen LogP contribution in [0.1, 0.15) is 24.9 Å². The molecule has 0 bridgehead atoms. The molecular weight excluding hydrogens is 320 g/mol. The van der Waals surface area contributed by atoms with Crippen molar-refractivity contribution in [2.45, 2.75) is 19.4 Å². The van der Waals surface area contributed by atoms with Crippen molar-refractivity contribution in [1.29, 1.82) is 0 Å². The number of rotatable bonds is 5. The first-order valence-corrected chi connectivity index (χ1v) is 7.16. The Balaban J connectivity index is 2.29. The second-order valence-corrected chi connectivity index (χ2v) is 5.35. The van der Waals surface area contributed by atoms with Crippen LogP contribution < -0.4 is 5.32 Å². The number of nitro groups is 1. The third kappa shape index (κ3) is 3.36. The molecule has 0 heterocycles. The highest BCUT2D eigenvalue weighted by molar-refractivity contribution is 9.10. The first-order chi connectivity index (χ1) is 9.61. The van der Waals surface area contributed by atoms with Gasteiger partial charge in [-0.1, -0.05) is 47.1 Å². The van der Waals surface area contributed by atoms with E-state index in [9.17, 15) is 10.1 Å². The van der Waals surface area contributed by atoms with Gasteiger partial charge < -0.3 is 5.32 Å². The molecule has 0 fully saturated rings. The Hall–Kier alpha value is -1.88. The number of halogens is 1. The van der Waals surface area contributed by atoms with E-state index < -0.39 is 0 Å². The number of para-hydroxylation sites is 2. The van der Waals surface area contributed by atoms with Crippen molar-refractivity contribution >= 4 is 27.3 Å². The van der Waals surface area contributed by atoms with E-state index in [2.05, 4.69) is 21.2 Å². The lowest BCUT2D eigenvalue weighted by molar-refractivity contribution is -0.384. The van der Waals surface area contributed by atoms with Crippen LogP contribution in [0.4, 0.5) is 11.4 Å². The zero-order valence-electron chi connectivity index (χ0n) is 11.0. The molecule has 4 nitrogen and oxygen atoms in total. The minimum Gasteiger partial charge on any atom is -0.373 e. The zero-order chi connectivity index (χ0) is 14.5. The molecule has 1 N–H and O–H groups in total. The summed E-state index contributed by atoms with van der Waals surface area (Å²) >= 11 is 3.45. The first-order valence-electron chi connectivity index (χ1n) is 6.37. The first kappa shape index (κ1) is 14.5. The molecule has 2 rings (SSSR count). The predicted molar refractivity (Wildman–Crippen MR) is 83.9 cm³/mol. The lowest BCUT2D eigenvalue weighted by Crippen LogP contribution is -2.11. The number of nitrogens with zero attached hydrogens (tertiary/aromatic N) is 1. The van der Waals surface area contributed by atoms with Crippen LogP contribution in [0.3, 0.4) is 0 Å². The molecule has 0 spiro atoms. The van der Waals surface area contributed by atoms with Crippen molar-refractivity contribution in [3.8, 4) is 0 Å². The van der Waals surface area contributed by atoms with Crippen molar-refractivity contribution in [3.63, 3.8) is 0 Å². The molecule has 0 aliphatic rings. The largest absolute Gasteiger partial charge is 0.373 e. The van der Waals surface area contributed by atoms with Crippen LogP contribution in [-0.4, -0.2) is 4.92 Å². The summed E-state index contributed by atoms with van der Waals surface area (Å²) in [5.41, 5.74) is 1.74. The molecule has 0 aliphatic heterocycles. The Morgan fingerprint density at radius 1 is 1.25 bits per heavy atom. The fraction of sp³-hybridized carbons (Fsp3) is 0.200. The maximum atomic E-state index is 11.0. The van der Waals surface area contributed by atoms with Gasteiger partial charge in [-0.3, -0.25) is 10.1 Å². The maximum Gasteiger partial charge on any atom is 0.292 e. The maximum absolute atomic E-state index is 11.0. The highest BCUT2D eigenvalue weighted by Crippen LogP contribution is 2.30. The standard InChI is InChI=1S/C15H15BrN2O2/c1-2-13(11-6-5-7-12(16)10-11)17-14-8-3-4-9-15(14)18(19)20/h3-10,13,17H,2H2,1H3. The van der Waals surface area contributed by atoms with Crippen LogP contribution in [-0.2, 0) is 0 Å². The summed E-state index contributed by atoms with van der Waals surface area (Å²) in [5, 5.41) is 14.3. The SMILES string of the molecule is CCC(Nc1ccccc1[N+](=O)[O-])c1cccc(Br)c1. The summed E-state index contributed by atoms with van der Waals surface area (Å²) in [4.78, 5) is 10.7. The fourth-order valence-electron chi connectivity index (χ4n) is 2.09. The molecule has 0 saturated heterocycles. The molecule has 0 aromatic heterocycles. The molecule has 1 unspecified atom stereocenters. The average Bonchev–Trinajstić information content (AvgIpc) is 2.45. The van der Waals surface area contributed by atoms with Gasteiger partial charge in [0.1, 0.15) is 5.69 Å². The minimum absolute atomic E-state index is 0.0357. The highest BCUT2D eigenvalue weighted by Gasteiger charge is 2.16. The zero-order valence-corrected chi connectivity index (χ0v) is 12.6. The summed E-state index contributed by atoms with van der Waals surface area (Å²) in [6.45, 7) is 2.05. The van der Waals surface area contributed by atoms with Crippen LogP contribution in [0.25, 0.3) is 0 Å². The molecule has 1 atom stereocenters. The van der Waals surface area contributed by atoms with Gasteiger partial charge in [0.05, 0.1) is 11.0 Å². The molecular formula is C15H15BrN2O2. The smallest absolute Gasteiger partial charge is 0.292 e. The van der Waals surface area contributed by atoms with Crippen molar-refractivity contribution in [1.82, 2.24) is 0 Å². The van der Waals surface area contributed by atoms with E-state index in [0.717, 1.165) is 16.5 Å². The minimum atomic E-state index is -0.365. The van der Waals surface area contributed by atoms with Gasteiger partial charge in [0.25, 0.3) is 5.69 Å². The van der Waals surface area contributed by atoms with Crippen molar-refractivity contribution in [3.05, 3.63) is 68.7 Å². The number of anilines is 1. The molecule has 0 saturated carbocycles. The lowest BCUT2D eigenvalue weighted by Gasteiger charge is -2.19. The van der Waals surface area contributed by atoms with Crippen molar-refractivity contribution < 1.29 is 4.92 Å². The van der Waals surface area contributed by atoms with E-state index in [1.807, 2.05) is 31.2 Å². The predicted octanol–water partition coefficient (Wildman–Crippen LogP) is 4.92. The summed E-state index contributed by atoms with van der Waals surface area (Å²) in [5.74, 6) is 0. The van der Waals surface area contributed by atoms with Gasteiger partial charge in [0, 0.05) is 10.5 Å². The lowest BCUT2D eigenvalue weighted by atomic mass is 10.0. The highest BCUT2D eigenvalue weighted by atomic mass is 79.9. The van der Waals surface area contributed by atoms with E-state index in [1.54, 1.807) is 18.2 Å². The van der Waals surface area contributed by atoms with Crippen LogP contribution in [0.5, 0.6) is 0 Å². The second-order valence-electron chi connectivity index (χ2n) is 4.43. The Morgan fingerprint density at radius 2 is 2.00 bits per heavy atom. The molecule has 2 aromatic rings. The van der Waals surface area contributed by atoms with Gasteiger partial charge in [-0.25, -0.2) is 0 Å². The summed E-state index contributed by atoms with van der Waals surface area (Å²) in [6.07, 6.45) is 0.836. The number of hydrogen-bond donors (Lipinski definition) is 1. The van der Waals surface area contributed by atoms with Crippen LogP contribution in [0.15, 0.2) is 53.0 Å². The van der Waals surface area contributed by atoms with E-state index in [0.29, 0.717) is 5.69 Å². The summed E-state index contributed by atoms with van der Waals surface area (Å²) in [7, 11) is 0. The van der Waals surface area contributed by atoms with Gasteiger partial charge in [0.2, 0.25) is 0 Å². The summed E-state index contributed by atoms with van der Waals surface area (Å²) in [6, 6.07) is 14.7. The van der Waals surface area contributed by atoms with E-state index >= 15 is 0 Å². The molecule has 2 aromatic carbocycles. The molecule has 5 heteroatoms. The van der Waals surface area contributed by atoms with E-state index in [4.69, 9.17) is 0 Å². The fourth-order valence-corrected chi connectivity index (χ4v) is 2.50. The number of hydrogen-bond acceptors (Lipinski definition) is 3. The second kappa shape index (κ2) is 6.52. The van der Waals surface area contributed by atoms with Gasteiger partial charge in [-0.2, -0.15) is 0 Å². The molecule has 0 aliphatic carbocycles. The van der Waals surface area contributed by atoms with Gasteiger partial charge in [0.15, 0.2) is 0 Å².